The maximum Gasteiger partial charge on any atom is 0.325 e. The van der Waals surface area contributed by atoms with Crippen LogP contribution >= 0.6 is 11.8 Å². The number of nitrogens with zero attached hydrogens (tertiary/aromatic N) is 2. The lowest BCUT2D eigenvalue weighted by Gasteiger charge is -2.20. The minimum atomic E-state index is -0.928. The number of esters is 1. The average molecular weight is 305 g/mol. The summed E-state index contributed by atoms with van der Waals surface area (Å²) in [6, 6.07) is 7.92. The van der Waals surface area contributed by atoms with E-state index < -0.39 is 5.54 Å². The molecule has 21 heavy (non-hydrogen) atoms. The number of para-hydroxylation sites is 1. The molecule has 0 aliphatic heterocycles. The highest BCUT2D eigenvalue weighted by molar-refractivity contribution is 7.99. The molecule has 0 bridgehead atoms. The fourth-order valence-corrected chi connectivity index (χ4v) is 2.97. The van der Waals surface area contributed by atoms with Gasteiger partial charge in [-0.05, 0) is 31.6 Å². The van der Waals surface area contributed by atoms with Crippen LogP contribution in [0.1, 0.15) is 19.8 Å². The van der Waals surface area contributed by atoms with E-state index in [4.69, 9.17) is 10.5 Å². The zero-order chi connectivity index (χ0) is 15.3. The number of benzene rings is 1. The first-order chi connectivity index (χ1) is 10.0. The molecular formula is C15H19N3O2S. The molecule has 112 valence electrons. The first kappa shape index (κ1) is 15.7. The highest BCUT2D eigenvalue weighted by Crippen LogP contribution is 2.25. The van der Waals surface area contributed by atoms with E-state index >= 15 is 0 Å². The predicted octanol–water partition coefficient (Wildman–Crippen LogP) is 2.39. The minimum absolute atomic E-state index is 0.375. The fourth-order valence-electron chi connectivity index (χ4n) is 2.04. The van der Waals surface area contributed by atoms with Crippen molar-refractivity contribution < 1.29 is 9.53 Å². The molecule has 1 atom stereocenters. The van der Waals surface area contributed by atoms with Crippen molar-refractivity contribution in [2.24, 2.45) is 5.73 Å². The number of carbonyl (C=O) groups is 1. The topological polar surface area (TPSA) is 78.1 Å². The quantitative estimate of drug-likeness (QED) is 0.382. The van der Waals surface area contributed by atoms with Crippen molar-refractivity contribution in [1.82, 2.24) is 9.97 Å². The lowest BCUT2D eigenvalue weighted by molar-refractivity contribution is -0.146. The van der Waals surface area contributed by atoms with E-state index in [0.717, 1.165) is 28.1 Å². The van der Waals surface area contributed by atoms with Crippen LogP contribution in [0.15, 0.2) is 35.6 Å². The summed E-state index contributed by atoms with van der Waals surface area (Å²) in [6.07, 6.45) is 2.97. The maximum absolute atomic E-state index is 11.5. The molecule has 0 spiro atoms. The highest BCUT2D eigenvalue weighted by atomic mass is 32.2. The van der Waals surface area contributed by atoms with Crippen LogP contribution in [0.2, 0.25) is 0 Å². The van der Waals surface area contributed by atoms with Crippen LogP contribution in [0, 0.1) is 0 Å². The normalized spacial score (nSPS) is 13.9. The number of hydrogen-bond donors (Lipinski definition) is 1. The number of thioether (sulfide) groups is 1. The second-order valence-electron chi connectivity index (χ2n) is 5.06. The Morgan fingerprint density at radius 2 is 2.14 bits per heavy atom. The number of aromatic nitrogens is 2. The van der Waals surface area contributed by atoms with Crippen LogP contribution in [0.25, 0.3) is 10.9 Å². The van der Waals surface area contributed by atoms with Crippen LogP contribution in [-0.2, 0) is 9.53 Å². The van der Waals surface area contributed by atoms with Crippen LogP contribution in [0.3, 0.4) is 0 Å². The summed E-state index contributed by atoms with van der Waals surface area (Å²) in [5.41, 5.74) is 5.94. The number of ether oxygens (including phenoxy) is 1. The number of hydrogen-bond acceptors (Lipinski definition) is 6. The van der Waals surface area contributed by atoms with E-state index in [1.165, 1.54) is 7.11 Å². The van der Waals surface area contributed by atoms with Crippen molar-refractivity contribution in [1.29, 1.82) is 0 Å². The second kappa shape index (κ2) is 6.87. The van der Waals surface area contributed by atoms with Crippen LogP contribution in [0.5, 0.6) is 0 Å². The Kier molecular flexibility index (Phi) is 5.14. The first-order valence-corrected chi connectivity index (χ1v) is 7.73. The van der Waals surface area contributed by atoms with Crippen molar-refractivity contribution in [3.8, 4) is 0 Å². The zero-order valence-electron chi connectivity index (χ0n) is 12.2. The lowest BCUT2D eigenvalue weighted by Crippen LogP contribution is -2.45. The molecule has 1 heterocycles. The lowest BCUT2D eigenvalue weighted by atomic mass is 9.98. The van der Waals surface area contributed by atoms with Gasteiger partial charge in [-0.2, -0.15) is 0 Å². The van der Waals surface area contributed by atoms with Gasteiger partial charge in [-0.15, -0.1) is 11.8 Å². The molecular weight excluding hydrogens is 286 g/mol. The third kappa shape index (κ3) is 3.92. The summed E-state index contributed by atoms with van der Waals surface area (Å²) >= 11 is 1.65. The van der Waals surface area contributed by atoms with Gasteiger partial charge in [-0.25, -0.2) is 9.97 Å². The van der Waals surface area contributed by atoms with Gasteiger partial charge in [0, 0.05) is 5.39 Å². The molecule has 0 aliphatic carbocycles. The van der Waals surface area contributed by atoms with Gasteiger partial charge in [0.25, 0.3) is 0 Å². The van der Waals surface area contributed by atoms with E-state index in [-0.39, 0.29) is 5.97 Å². The number of methoxy groups -OCH3 is 1. The molecule has 0 aliphatic rings. The van der Waals surface area contributed by atoms with Gasteiger partial charge >= 0.3 is 5.97 Å². The molecule has 0 amide bonds. The Morgan fingerprint density at radius 1 is 1.38 bits per heavy atom. The molecule has 2 N–H and O–H groups in total. The number of rotatable bonds is 6. The SMILES string of the molecule is COC(=O)C(C)(N)CCCSc1ncnc2ccccc12. The monoisotopic (exact) mass is 305 g/mol. The summed E-state index contributed by atoms with van der Waals surface area (Å²) in [7, 11) is 1.36. The van der Waals surface area contributed by atoms with E-state index in [9.17, 15) is 4.79 Å². The molecule has 1 unspecified atom stereocenters. The minimum Gasteiger partial charge on any atom is -0.468 e. The molecule has 5 nitrogen and oxygen atoms in total. The van der Waals surface area contributed by atoms with Crippen molar-refractivity contribution in [3.05, 3.63) is 30.6 Å². The number of carbonyl (C=O) groups excluding carboxylic acids is 1. The summed E-state index contributed by atoms with van der Waals surface area (Å²) in [5, 5.41) is 2.01. The summed E-state index contributed by atoms with van der Waals surface area (Å²) in [6.45, 7) is 1.70. The summed E-state index contributed by atoms with van der Waals surface area (Å²) in [4.78, 5) is 20.1. The number of nitrogens with two attached hydrogens (primary N) is 1. The van der Waals surface area contributed by atoms with Crippen LogP contribution < -0.4 is 5.73 Å². The Bertz CT molecular complexity index is 626. The standard InChI is InChI=1S/C15H19N3O2S/c1-15(16,14(19)20-2)8-5-9-21-13-11-6-3-4-7-12(11)17-10-18-13/h3-4,6-7,10H,5,8-9,16H2,1-2H3. The smallest absolute Gasteiger partial charge is 0.325 e. The van der Waals surface area contributed by atoms with Gasteiger partial charge < -0.3 is 10.5 Å². The number of fused-ring (bicyclic) bond motifs is 1. The van der Waals surface area contributed by atoms with E-state index in [1.54, 1.807) is 25.0 Å². The summed E-state index contributed by atoms with van der Waals surface area (Å²) < 4.78 is 4.70. The Balaban J connectivity index is 1.93. The van der Waals surface area contributed by atoms with Crippen LogP contribution in [-0.4, -0.2) is 34.3 Å². The second-order valence-corrected chi connectivity index (χ2v) is 6.14. The van der Waals surface area contributed by atoms with Gasteiger partial charge in [0.15, 0.2) is 0 Å². The first-order valence-electron chi connectivity index (χ1n) is 6.74. The Hall–Kier alpha value is -1.66. The zero-order valence-corrected chi connectivity index (χ0v) is 13.0. The van der Waals surface area contributed by atoms with Gasteiger partial charge in [-0.1, -0.05) is 18.2 Å². The fraction of sp³-hybridized carbons (Fsp3) is 0.400. The van der Waals surface area contributed by atoms with Crippen molar-refractivity contribution >= 4 is 28.6 Å². The van der Waals surface area contributed by atoms with Crippen molar-refractivity contribution in [3.63, 3.8) is 0 Å². The maximum atomic E-state index is 11.5. The largest absolute Gasteiger partial charge is 0.468 e. The highest BCUT2D eigenvalue weighted by Gasteiger charge is 2.28. The molecule has 2 rings (SSSR count). The van der Waals surface area contributed by atoms with Gasteiger partial charge in [0.1, 0.15) is 16.9 Å². The molecule has 0 saturated heterocycles. The molecule has 0 saturated carbocycles. The third-order valence-electron chi connectivity index (χ3n) is 3.24. The van der Waals surface area contributed by atoms with Gasteiger partial charge in [0.2, 0.25) is 0 Å². The van der Waals surface area contributed by atoms with Crippen molar-refractivity contribution in [2.75, 3.05) is 12.9 Å². The molecule has 6 heteroatoms. The van der Waals surface area contributed by atoms with E-state index in [2.05, 4.69) is 9.97 Å². The third-order valence-corrected chi connectivity index (χ3v) is 4.33. The van der Waals surface area contributed by atoms with Gasteiger partial charge in [0.05, 0.1) is 12.6 Å². The van der Waals surface area contributed by atoms with Crippen molar-refractivity contribution in [2.45, 2.75) is 30.3 Å². The Labute approximate surface area is 128 Å². The Morgan fingerprint density at radius 3 is 2.90 bits per heavy atom. The average Bonchev–Trinajstić information content (AvgIpc) is 2.50. The molecule has 0 radical (unpaired) electrons. The van der Waals surface area contributed by atoms with Gasteiger partial charge in [-0.3, -0.25) is 4.79 Å². The summed E-state index contributed by atoms with van der Waals surface area (Å²) in [5.74, 6) is 0.463. The van der Waals surface area contributed by atoms with E-state index in [0.29, 0.717) is 6.42 Å². The molecule has 1 aromatic heterocycles. The predicted molar refractivity (Wildman–Crippen MR) is 84.1 cm³/mol. The molecule has 2 aromatic rings. The molecule has 0 fully saturated rings. The van der Waals surface area contributed by atoms with E-state index in [1.807, 2.05) is 24.3 Å². The van der Waals surface area contributed by atoms with Crippen LogP contribution in [0.4, 0.5) is 0 Å². The molecule has 1 aromatic carbocycles.